The van der Waals surface area contributed by atoms with Crippen molar-refractivity contribution in [2.75, 3.05) is 20.2 Å². The van der Waals surface area contributed by atoms with Crippen molar-refractivity contribution in [2.45, 2.75) is 32.7 Å². The Balaban J connectivity index is 0.00000392. The van der Waals surface area contributed by atoms with Crippen LogP contribution in [0.1, 0.15) is 36.5 Å². The van der Waals surface area contributed by atoms with Gasteiger partial charge in [-0.1, -0.05) is 24.3 Å². The van der Waals surface area contributed by atoms with E-state index >= 15 is 0 Å². The van der Waals surface area contributed by atoms with Gasteiger partial charge in [0.1, 0.15) is 5.75 Å². The number of halogens is 1. The molecule has 0 fully saturated rings. The molecule has 150 valence electrons. The number of ether oxygens (including phenoxy) is 1. The number of nitrogens with one attached hydrogen (secondary N) is 2. The number of nitriles is 1. The van der Waals surface area contributed by atoms with E-state index in [1.165, 1.54) is 5.56 Å². The van der Waals surface area contributed by atoms with Crippen LogP contribution < -0.4 is 15.4 Å². The molecule has 0 saturated carbocycles. The minimum absolute atomic E-state index is 0. The highest BCUT2D eigenvalue weighted by Gasteiger charge is 1.99. The average Bonchev–Trinajstić information content (AvgIpc) is 2.72. The van der Waals surface area contributed by atoms with Crippen LogP contribution in [0.3, 0.4) is 0 Å². The number of methoxy groups -OCH3 is 1. The van der Waals surface area contributed by atoms with Crippen molar-refractivity contribution in [1.82, 2.24) is 10.6 Å². The fourth-order valence-corrected chi connectivity index (χ4v) is 2.65. The van der Waals surface area contributed by atoms with E-state index in [1.807, 2.05) is 36.4 Å². The van der Waals surface area contributed by atoms with Crippen molar-refractivity contribution in [3.63, 3.8) is 0 Å². The third kappa shape index (κ3) is 8.61. The SMILES string of the molecule is CCNC(=NCc1ccc(C#N)cc1)NCCCCc1ccc(OC)cc1.I. The van der Waals surface area contributed by atoms with Crippen LogP contribution in [0.5, 0.6) is 5.75 Å². The van der Waals surface area contributed by atoms with E-state index in [9.17, 15) is 0 Å². The Morgan fingerprint density at radius 3 is 2.29 bits per heavy atom. The molecule has 0 aliphatic rings. The highest BCUT2D eigenvalue weighted by Crippen LogP contribution is 2.13. The molecule has 0 amide bonds. The predicted octanol–water partition coefficient (Wildman–Crippen LogP) is 4.26. The summed E-state index contributed by atoms with van der Waals surface area (Å²) in [4.78, 5) is 4.61. The molecular formula is C22H29IN4O. The monoisotopic (exact) mass is 492 g/mol. The van der Waals surface area contributed by atoms with Crippen LogP contribution in [0.25, 0.3) is 0 Å². The normalized spacial score (nSPS) is 10.5. The minimum atomic E-state index is 0. The summed E-state index contributed by atoms with van der Waals surface area (Å²) in [6.07, 6.45) is 3.26. The number of aliphatic imine (C=N–C) groups is 1. The van der Waals surface area contributed by atoms with Gasteiger partial charge in [0, 0.05) is 13.1 Å². The van der Waals surface area contributed by atoms with Gasteiger partial charge < -0.3 is 15.4 Å². The van der Waals surface area contributed by atoms with Crippen molar-refractivity contribution >= 4 is 29.9 Å². The van der Waals surface area contributed by atoms with Gasteiger partial charge in [0.2, 0.25) is 0 Å². The van der Waals surface area contributed by atoms with Gasteiger partial charge in [0.25, 0.3) is 0 Å². The first-order valence-corrected chi connectivity index (χ1v) is 9.39. The number of guanidine groups is 1. The summed E-state index contributed by atoms with van der Waals surface area (Å²) in [7, 11) is 1.69. The Bertz CT molecular complexity index is 752. The number of rotatable bonds is 9. The Kier molecular flexibility index (Phi) is 11.7. The van der Waals surface area contributed by atoms with Crippen LogP contribution in [0, 0.1) is 11.3 Å². The second-order valence-electron chi connectivity index (χ2n) is 6.24. The van der Waals surface area contributed by atoms with Crippen LogP contribution >= 0.6 is 24.0 Å². The maximum Gasteiger partial charge on any atom is 0.191 e. The largest absolute Gasteiger partial charge is 0.497 e. The van der Waals surface area contributed by atoms with E-state index < -0.39 is 0 Å². The number of hydrogen-bond donors (Lipinski definition) is 2. The molecule has 0 radical (unpaired) electrons. The summed E-state index contributed by atoms with van der Waals surface area (Å²) >= 11 is 0. The maximum absolute atomic E-state index is 8.85. The lowest BCUT2D eigenvalue weighted by Gasteiger charge is -2.11. The summed E-state index contributed by atoms with van der Waals surface area (Å²) in [5.74, 6) is 1.72. The van der Waals surface area contributed by atoms with E-state index in [2.05, 4.69) is 40.8 Å². The molecule has 0 aliphatic heterocycles. The van der Waals surface area contributed by atoms with E-state index in [4.69, 9.17) is 10.00 Å². The number of hydrogen-bond acceptors (Lipinski definition) is 3. The van der Waals surface area contributed by atoms with E-state index in [0.717, 1.165) is 49.6 Å². The van der Waals surface area contributed by atoms with E-state index in [0.29, 0.717) is 12.1 Å². The van der Waals surface area contributed by atoms with Gasteiger partial charge >= 0.3 is 0 Å². The predicted molar refractivity (Wildman–Crippen MR) is 125 cm³/mol. The maximum atomic E-state index is 8.85. The fourth-order valence-electron chi connectivity index (χ4n) is 2.65. The van der Waals surface area contributed by atoms with Gasteiger partial charge in [0.15, 0.2) is 5.96 Å². The topological polar surface area (TPSA) is 69.4 Å². The molecule has 6 heteroatoms. The van der Waals surface area contributed by atoms with Gasteiger partial charge in [-0.2, -0.15) is 5.26 Å². The van der Waals surface area contributed by atoms with Gasteiger partial charge in [0.05, 0.1) is 25.3 Å². The molecule has 0 saturated heterocycles. The molecule has 0 bridgehead atoms. The van der Waals surface area contributed by atoms with Crippen molar-refractivity contribution in [2.24, 2.45) is 4.99 Å². The zero-order valence-corrected chi connectivity index (χ0v) is 18.9. The fraction of sp³-hybridized carbons (Fsp3) is 0.364. The molecule has 0 unspecified atom stereocenters. The van der Waals surface area contributed by atoms with Crippen LogP contribution in [-0.2, 0) is 13.0 Å². The van der Waals surface area contributed by atoms with Crippen molar-refractivity contribution in [3.8, 4) is 11.8 Å². The molecule has 0 atom stereocenters. The van der Waals surface area contributed by atoms with E-state index in [1.54, 1.807) is 7.11 Å². The molecule has 2 aromatic carbocycles. The standard InChI is InChI=1S/C22H28N4O.HI/c1-3-24-22(26-17-20-9-7-19(16-23)8-10-20)25-15-5-4-6-18-11-13-21(27-2)14-12-18;/h7-14H,3-6,15,17H2,1-2H3,(H2,24,25,26);1H. The highest BCUT2D eigenvalue weighted by molar-refractivity contribution is 14.0. The van der Waals surface area contributed by atoms with Crippen LogP contribution in [0.2, 0.25) is 0 Å². The second kappa shape index (κ2) is 13.8. The van der Waals surface area contributed by atoms with Crippen LogP contribution in [0.4, 0.5) is 0 Å². The first-order valence-electron chi connectivity index (χ1n) is 9.39. The Morgan fingerprint density at radius 2 is 1.68 bits per heavy atom. The molecule has 0 aromatic heterocycles. The summed E-state index contributed by atoms with van der Waals surface area (Å²) in [6, 6.07) is 17.9. The summed E-state index contributed by atoms with van der Waals surface area (Å²) < 4.78 is 5.18. The van der Waals surface area contributed by atoms with Crippen molar-refractivity contribution in [3.05, 3.63) is 65.2 Å². The lowest BCUT2D eigenvalue weighted by molar-refractivity contribution is 0.414. The molecule has 0 heterocycles. The zero-order valence-electron chi connectivity index (χ0n) is 16.6. The molecule has 0 spiro atoms. The Labute approximate surface area is 185 Å². The smallest absolute Gasteiger partial charge is 0.191 e. The first kappa shape index (κ1) is 23.8. The molecule has 0 aliphatic carbocycles. The third-order valence-electron chi connectivity index (χ3n) is 4.19. The lowest BCUT2D eigenvalue weighted by Crippen LogP contribution is -2.37. The molecule has 2 rings (SSSR count). The Hall–Kier alpha value is -2.27. The third-order valence-corrected chi connectivity index (χ3v) is 4.19. The second-order valence-corrected chi connectivity index (χ2v) is 6.24. The van der Waals surface area contributed by atoms with Gasteiger partial charge in [-0.25, -0.2) is 4.99 Å². The van der Waals surface area contributed by atoms with Gasteiger partial charge in [-0.15, -0.1) is 24.0 Å². The quantitative estimate of drug-likeness (QED) is 0.238. The van der Waals surface area contributed by atoms with Gasteiger partial charge in [-0.3, -0.25) is 0 Å². The molecular weight excluding hydrogens is 463 g/mol. The first-order chi connectivity index (χ1) is 13.2. The molecule has 2 N–H and O–H groups in total. The number of nitrogens with zero attached hydrogens (tertiary/aromatic N) is 2. The average molecular weight is 492 g/mol. The number of benzene rings is 2. The summed E-state index contributed by atoms with van der Waals surface area (Å²) in [6.45, 7) is 4.36. The lowest BCUT2D eigenvalue weighted by atomic mass is 10.1. The minimum Gasteiger partial charge on any atom is -0.497 e. The van der Waals surface area contributed by atoms with E-state index in [-0.39, 0.29) is 24.0 Å². The number of unbranched alkanes of at least 4 members (excludes halogenated alkanes) is 1. The molecule has 2 aromatic rings. The number of aryl methyl sites for hydroxylation is 1. The van der Waals surface area contributed by atoms with Crippen LogP contribution in [-0.4, -0.2) is 26.2 Å². The summed E-state index contributed by atoms with van der Waals surface area (Å²) in [5.41, 5.74) is 3.09. The molecule has 5 nitrogen and oxygen atoms in total. The van der Waals surface area contributed by atoms with Crippen molar-refractivity contribution < 1.29 is 4.74 Å². The van der Waals surface area contributed by atoms with Crippen LogP contribution in [0.15, 0.2) is 53.5 Å². The summed E-state index contributed by atoms with van der Waals surface area (Å²) in [5, 5.41) is 15.5. The Morgan fingerprint density at radius 1 is 1.00 bits per heavy atom. The van der Waals surface area contributed by atoms with Crippen molar-refractivity contribution in [1.29, 1.82) is 5.26 Å². The highest BCUT2D eigenvalue weighted by atomic mass is 127. The zero-order chi connectivity index (χ0) is 19.3. The molecule has 28 heavy (non-hydrogen) atoms. The van der Waals surface area contributed by atoms with Gasteiger partial charge in [-0.05, 0) is 61.6 Å².